The van der Waals surface area contributed by atoms with Crippen molar-refractivity contribution in [3.63, 3.8) is 0 Å². The number of halogens is 1. The van der Waals surface area contributed by atoms with Gasteiger partial charge in [-0.25, -0.2) is 0 Å². The average molecular weight is 400 g/mol. The minimum Gasteiger partial charge on any atom is -0.360 e. The highest BCUT2D eigenvalue weighted by molar-refractivity contribution is 6.30. The maximum Gasteiger partial charge on any atom is 0.282 e. The molecule has 0 spiro atoms. The fourth-order valence-corrected chi connectivity index (χ4v) is 4.10. The molecule has 0 aromatic heterocycles. The van der Waals surface area contributed by atoms with Crippen molar-refractivity contribution >= 4 is 40.5 Å². The van der Waals surface area contributed by atoms with Crippen LogP contribution in [0.4, 0.5) is 17.1 Å². The maximum absolute atomic E-state index is 12.9. The third-order valence-electron chi connectivity index (χ3n) is 5.46. The molecule has 2 amide bonds. The molecular weight excluding hydrogens is 376 g/mol. The highest BCUT2D eigenvalue weighted by Crippen LogP contribution is 2.28. The van der Waals surface area contributed by atoms with E-state index in [2.05, 4.69) is 17.1 Å². The zero-order valence-corrected chi connectivity index (χ0v) is 16.6. The zero-order valence-electron chi connectivity index (χ0n) is 15.9. The molecule has 4 rings (SSSR count). The maximum atomic E-state index is 12.9. The van der Waals surface area contributed by atoms with Gasteiger partial charge in [0.1, 0.15) is 6.54 Å². The first kappa shape index (κ1) is 18.8. The molecule has 28 heavy (non-hydrogen) atoms. The molecule has 2 aromatic rings. The smallest absolute Gasteiger partial charge is 0.282 e. The Hall–Kier alpha value is -2.57. The number of piperazine rings is 1. The Labute approximate surface area is 169 Å². The van der Waals surface area contributed by atoms with Crippen molar-refractivity contribution in [3.8, 4) is 0 Å². The number of nitrogens with one attached hydrogen (secondary N) is 2. The third kappa shape index (κ3) is 3.84. The van der Waals surface area contributed by atoms with Crippen LogP contribution >= 0.6 is 11.6 Å². The normalized spacial score (nSPS) is 17.3. The molecule has 0 radical (unpaired) electrons. The summed E-state index contributed by atoms with van der Waals surface area (Å²) in [6.07, 6.45) is 0. The van der Waals surface area contributed by atoms with E-state index in [1.165, 1.54) is 16.2 Å². The Kier molecular flexibility index (Phi) is 5.24. The van der Waals surface area contributed by atoms with Gasteiger partial charge in [0.05, 0.1) is 37.6 Å². The van der Waals surface area contributed by atoms with E-state index in [9.17, 15) is 9.59 Å². The molecule has 2 aliphatic rings. The van der Waals surface area contributed by atoms with Crippen molar-refractivity contribution in [3.05, 3.63) is 53.1 Å². The van der Waals surface area contributed by atoms with Crippen molar-refractivity contribution in [1.82, 2.24) is 0 Å². The lowest BCUT2D eigenvalue weighted by Gasteiger charge is -2.35. The third-order valence-corrected chi connectivity index (χ3v) is 5.69. The van der Waals surface area contributed by atoms with Crippen LogP contribution in [0.3, 0.4) is 0 Å². The predicted octanol–water partition coefficient (Wildman–Crippen LogP) is 1.34. The number of amides is 2. The summed E-state index contributed by atoms with van der Waals surface area (Å²) in [7, 11) is 0. The van der Waals surface area contributed by atoms with Gasteiger partial charge in [0, 0.05) is 10.7 Å². The van der Waals surface area contributed by atoms with Crippen LogP contribution < -0.4 is 20.0 Å². The number of carbonyl (C=O) groups excluding carboxylic acids is 2. The summed E-state index contributed by atoms with van der Waals surface area (Å²) < 4.78 is 0. The first-order valence-corrected chi connectivity index (χ1v) is 9.93. The van der Waals surface area contributed by atoms with E-state index in [0.717, 1.165) is 36.9 Å². The number of nitrogens with zero attached hydrogens (tertiary/aromatic N) is 2. The van der Waals surface area contributed by atoms with Gasteiger partial charge in [-0.1, -0.05) is 29.8 Å². The molecule has 1 fully saturated rings. The lowest BCUT2D eigenvalue weighted by molar-refractivity contribution is -0.892. The molecule has 0 atom stereocenters. The molecule has 6 nitrogen and oxygen atoms in total. The van der Waals surface area contributed by atoms with Gasteiger partial charge >= 0.3 is 0 Å². The number of anilines is 3. The molecule has 1 saturated heterocycles. The quantitative estimate of drug-likeness (QED) is 0.819. The van der Waals surface area contributed by atoms with Gasteiger partial charge in [-0.15, -0.1) is 0 Å². The van der Waals surface area contributed by atoms with Crippen molar-refractivity contribution in [2.24, 2.45) is 0 Å². The van der Waals surface area contributed by atoms with Crippen LogP contribution in [0, 0.1) is 6.92 Å². The summed E-state index contributed by atoms with van der Waals surface area (Å²) in [6.45, 7) is 6.06. The minimum absolute atomic E-state index is 0.00955. The Morgan fingerprint density at radius 3 is 2.68 bits per heavy atom. The summed E-state index contributed by atoms with van der Waals surface area (Å²) in [5.41, 5.74) is 3.85. The van der Waals surface area contributed by atoms with Gasteiger partial charge in [0.15, 0.2) is 6.54 Å². The van der Waals surface area contributed by atoms with Crippen LogP contribution in [0.5, 0.6) is 0 Å². The Morgan fingerprint density at radius 1 is 1.14 bits per heavy atom. The Morgan fingerprint density at radius 2 is 1.89 bits per heavy atom. The van der Waals surface area contributed by atoms with Gasteiger partial charge < -0.3 is 15.1 Å². The second-order valence-electron chi connectivity index (χ2n) is 7.39. The molecule has 2 aromatic carbocycles. The number of quaternary nitrogens is 1. The first-order chi connectivity index (χ1) is 13.5. The van der Waals surface area contributed by atoms with Gasteiger partial charge in [0.2, 0.25) is 5.91 Å². The summed E-state index contributed by atoms with van der Waals surface area (Å²) in [4.78, 5) is 30.1. The Bertz CT molecular complexity index is 909. The van der Waals surface area contributed by atoms with E-state index in [0.29, 0.717) is 12.2 Å². The van der Waals surface area contributed by atoms with Crippen LogP contribution in [-0.2, 0) is 9.59 Å². The highest BCUT2D eigenvalue weighted by Gasteiger charge is 2.30. The zero-order chi connectivity index (χ0) is 19.7. The molecule has 0 saturated carbocycles. The summed E-state index contributed by atoms with van der Waals surface area (Å²) in [6, 6.07) is 13.4. The number of para-hydroxylation sites is 2. The molecule has 2 N–H and O–H groups in total. The molecule has 2 heterocycles. The topological polar surface area (TPSA) is 57.1 Å². The predicted molar refractivity (Wildman–Crippen MR) is 111 cm³/mol. The number of hydrogen-bond donors (Lipinski definition) is 2. The van der Waals surface area contributed by atoms with Crippen LogP contribution in [-0.4, -0.2) is 51.1 Å². The van der Waals surface area contributed by atoms with Gasteiger partial charge in [-0.3, -0.25) is 14.5 Å². The van der Waals surface area contributed by atoms with Gasteiger partial charge in [-0.2, -0.15) is 0 Å². The second-order valence-corrected chi connectivity index (χ2v) is 7.83. The van der Waals surface area contributed by atoms with Crippen molar-refractivity contribution in [2.75, 3.05) is 54.4 Å². The van der Waals surface area contributed by atoms with Crippen molar-refractivity contribution < 1.29 is 14.5 Å². The molecule has 0 bridgehead atoms. The number of benzene rings is 2. The molecule has 2 aliphatic heterocycles. The molecule has 146 valence electrons. The van der Waals surface area contributed by atoms with Gasteiger partial charge in [0.25, 0.3) is 5.91 Å². The summed E-state index contributed by atoms with van der Waals surface area (Å²) in [5, 5.41) is 3.57. The summed E-state index contributed by atoms with van der Waals surface area (Å²) >= 11 is 6.16. The largest absolute Gasteiger partial charge is 0.360 e. The fourth-order valence-electron chi connectivity index (χ4n) is 3.93. The van der Waals surface area contributed by atoms with E-state index in [1.807, 2.05) is 42.5 Å². The van der Waals surface area contributed by atoms with E-state index < -0.39 is 0 Å². The number of fused-ring (bicyclic) bond motifs is 1. The Balaban J connectivity index is 1.39. The standard InChI is InChI=1S/C21H23ClN4O2/c1-15-6-7-16(22)12-19(15)25-10-8-24(9-11-25)14-21(28)26-13-20(27)23-17-4-2-3-5-18(17)26/h2-7,12H,8-11,13-14H2,1H3,(H,23,27)/p+1. The van der Waals surface area contributed by atoms with Crippen LogP contribution in [0.1, 0.15) is 5.56 Å². The first-order valence-electron chi connectivity index (χ1n) is 9.55. The van der Waals surface area contributed by atoms with Crippen molar-refractivity contribution in [1.29, 1.82) is 0 Å². The second kappa shape index (κ2) is 7.81. The monoisotopic (exact) mass is 399 g/mol. The summed E-state index contributed by atoms with van der Waals surface area (Å²) in [5.74, 6) is -0.159. The van der Waals surface area contributed by atoms with E-state index in [4.69, 9.17) is 11.6 Å². The number of hydrogen-bond acceptors (Lipinski definition) is 3. The van der Waals surface area contributed by atoms with Crippen molar-refractivity contribution in [2.45, 2.75) is 6.92 Å². The molecular formula is C21H24ClN4O2+. The average Bonchev–Trinajstić information content (AvgIpc) is 2.70. The lowest BCUT2D eigenvalue weighted by atomic mass is 10.1. The van der Waals surface area contributed by atoms with E-state index in [1.54, 1.807) is 4.90 Å². The molecule has 7 heteroatoms. The fraction of sp³-hybridized carbons (Fsp3) is 0.333. The van der Waals surface area contributed by atoms with Crippen LogP contribution in [0.15, 0.2) is 42.5 Å². The number of rotatable bonds is 3. The number of carbonyl (C=O) groups is 2. The highest BCUT2D eigenvalue weighted by atomic mass is 35.5. The van der Waals surface area contributed by atoms with E-state index in [-0.39, 0.29) is 18.4 Å². The van der Waals surface area contributed by atoms with Gasteiger partial charge in [-0.05, 0) is 36.8 Å². The van der Waals surface area contributed by atoms with E-state index >= 15 is 0 Å². The molecule has 0 aliphatic carbocycles. The molecule has 0 unspecified atom stereocenters. The SMILES string of the molecule is Cc1ccc(Cl)cc1N1CC[NH+](CC(=O)N2CC(=O)Nc3ccccc32)CC1. The van der Waals surface area contributed by atoms with Crippen LogP contribution in [0.25, 0.3) is 0 Å². The van der Waals surface area contributed by atoms with Crippen LogP contribution in [0.2, 0.25) is 5.02 Å². The number of aryl methyl sites for hydroxylation is 1. The minimum atomic E-state index is -0.150. The lowest BCUT2D eigenvalue weighted by Crippen LogP contribution is -3.16.